The Hall–Kier alpha value is -1.79. The molecule has 1 heterocycles. The standard InChI is InChI=1S/C16H23N3O3.ClH/c1-11-4-5-13(10-14(11)22-3)16(21)19-8-6-18(7-9-19)15(20)12(2)17;/h4-5,10,12H,6-9,17H2,1-3H3;1H/t12-;/m1./s1. The van der Waals surface area contributed by atoms with Crippen molar-refractivity contribution in [3.63, 3.8) is 0 Å². The molecule has 1 fully saturated rings. The molecule has 2 N–H and O–H groups in total. The SMILES string of the molecule is COc1cc(C(=O)N2CCN(C(=O)[C@@H](C)N)CC2)ccc1C.Cl. The fraction of sp³-hybridized carbons (Fsp3) is 0.500. The Bertz CT molecular complexity index is 570. The second kappa shape index (κ2) is 8.17. The zero-order valence-electron chi connectivity index (χ0n) is 13.7. The molecule has 0 aromatic heterocycles. The fourth-order valence-corrected chi connectivity index (χ4v) is 2.55. The van der Waals surface area contributed by atoms with Crippen LogP contribution in [0.5, 0.6) is 5.75 Å². The molecule has 1 atom stereocenters. The van der Waals surface area contributed by atoms with Crippen LogP contribution in [0.3, 0.4) is 0 Å². The van der Waals surface area contributed by atoms with Gasteiger partial charge in [-0.25, -0.2) is 0 Å². The number of amides is 2. The van der Waals surface area contributed by atoms with Crippen LogP contribution in [0.2, 0.25) is 0 Å². The molecule has 0 aliphatic carbocycles. The van der Waals surface area contributed by atoms with E-state index in [1.165, 1.54) is 0 Å². The zero-order valence-corrected chi connectivity index (χ0v) is 14.6. The summed E-state index contributed by atoms with van der Waals surface area (Å²) in [5.74, 6) is 0.604. The minimum absolute atomic E-state index is 0. The molecular formula is C16H24ClN3O3. The molecule has 1 aliphatic heterocycles. The summed E-state index contributed by atoms with van der Waals surface area (Å²) in [7, 11) is 1.59. The molecule has 1 saturated heterocycles. The number of methoxy groups -OCH3 is 1. The minimum Gasteiger partial charge on any atom is -0.496 e. The summed E-state index contributed by atoms with van der Waals surface area (Å²) in [6, 6.07) is 4.95. The van der Waals surface area contributed by atoms with Gasteiger partial charge >= 0.3 is 0 Å². The lowest BCUT2D eigenvalue weighted by molar-refractivity contribution is -0.133. The molecule has 0 bridgehead atoms. The van der Waals surface area contributed by atoms with Crippen LogP contribution in [0.1, 0.15) is 22.8 Å². The summed E-state index contributed by atoms with van der Waals surface area (Å²) >= 11 is 0. The number of ether oxygens (including phenoxy) is 1. The molecule has 2 rings (SSSR count). The molecule has 1 aliphatic rings. The second-order valence-electron chi connectivity index (χ2n) is 5.59. The molecule has 7 heteroatoms. The molecule has 2 amide bonds. The number of nitrogens with two attached hydrogens (primary N) is 1. The number of hydrogen-bond donors (Lipinski definition) is 1. The number of nitrogens with zero attached hydrogens (tertiary/aromatic N) is 2. The maximum absolute atomic E-state index is 12.5. The van der Waals surface area contributed by atoms with Crippen LogP contribution >= 0.6 is 12.4 Å². The smallest absolute Gasteiger partial charge is 0.254 e. The number of piperazine rings is 1. The van der Waals surface area contributed by atoms with Crippen molar-refractivity contribution in [2.24, 2.45) is 5.73 Å². The third-order valence-electron chi connectivity index (χ3n) is 3.92. The van der Waals surface area contributed by atoms with E-state index < -0.39 is 6.04 Å². The van der Waals surface area contributed by atoms with Crippen molar-refractivity contribution in [3.05, 3.63) is 29.3 Å². The maximum Gasteiger partial charge on any atom is 0.254 e. The first-order valence-electron chi connectivity index (χ1n) is 7.42. The lowest BCUT2D eigenvalue weighted by Gasteiger charge is -2.35. The van der Waals surface area contributed by atoms with Gasteiger partial charge in [-0.15, -0.1) is 12.4 Å². The molecular weight excluding hydrogens is 318 g/mol. The topological polar surface area (TPSA) is 75.9 Å². The number of hydrogen-bond acceptors (Lipinski definition) is 4. The van der Waals surface area contributed by atoms with E-state index in [4.69, 9.17) is 10.5 Å². The Kier molecular flexibility index (Phi) is 6.84. The largest absolute Gasteiger partial charge is 0.496 e. The van der Waals surface area contributed by atoms with Crippen LogP contribution in [0, 0.1) is 6.92 Å². The summed E-state index contributed by atoms with van der Waals surface area (Å²) in [5, 5.41) is 0. The van der Waals surface area contributed by atoms with Gasteiger partial charge in [-0.1, -0.05) is 6.07 Å². The highest BCUT2D eigenvalue weighted by Gasteiger charge is 2.26. The fourth-order valence-electron chi connectivity index (χ4n) is 2.55. The van der Waals surface area contributed by atoms with Gasteiger partial charge in [0.2, 0.25) is 5.91 Å². The van der Waals surface area contributed by atoms with E-state index in [0.29, 0.717) is 37.5 Å². The Labute approximate surface area is 143 Å². The van der Waals surface area contributed by atoms with Crippen LogP contribution in [0.25, 0.3) is 0 Å². The predicted octanol–water partition coefficient (Wildman–Crippen LogP) is 1.06. The van der Waals surface area contributed by atoms with Crippen LogP contribution in [0.4, 0.5) is 0 Å². The molecule has 0 spiro atoms. The molecule has 1 aromatic rings. The highest BCUT2D eigenvalue weighted by molar-refractivity contribution is 5.95. The number of carbonyl (C=O) groups excluding carboxylic acids is 2. The first kappa shape index (κ1) is 19.3. The van der Waals surface area contributed by atoms with Crippen molar-refractivity contribution in [1.82, 2.24) is 9.80 Å². The first-order chi connectivity index (χ1) is 10.4. The number of rotatable bonds is 3. The molecule has 23 heavy (non-hydrogen) atoms. The molecule has 0 unspecified atom stereocenters. The minimum atomic E-state index is -0.497. The Morgan fingerprint density at radius 2 is 1.74 bits per heavy atom. The van der Waals surface area contributed by atoms with Crippen molar-refractivity contribution in [2.45, 2.75) is 19.9 Å². The van der Waals surface area contributed by atoms with Gasteiger partial charge in [0.1, 0.15) is 5.75 Å². The summed E-state index contributed by atoms with van der Waals surface area (Å²) in [6.45, 7) is 5.70. The predicted molar refractivity (Wildman–Crippen MR) is 91.1 cm³/mol. The number of aryl methyl sites for hydroxylation is 1. The summed E-state index contributed by atoms with van der Waals surface area (Å²) in [6.07, 6.45) is 0. The van der Waals surface area contributed by atoms with Gasteiger partial charge < -0.3 is 20.3 Å². The third kappa shape index (κ3) is 4.36. The van der Waals surface area contributed by atoms with Crippen LogP contribution in [-0.2, 0) is 4.79 Å². The van der Waals surface area contributed by atoms with E-state index in [2.05, 4.69) is 0 Å². The normalized spacial score (nSPS) is 15.7. The van der Waals surface area contributed by atoms with Crippen molar-refractivity contribution < 1.29 is 14.3 Å². The van der Waals surface area contributed by atoms with Gasteiger partial charge in [0.25, 0.3) is 5.91 Å². The summed E-state index contributed by atoms with van der Waals surface area (Å²) < 4.78 is 5.26. The van der Waals surface area contributed by atoms with Crippen molar-refractivity contribution in [3.8, 4) is 5.75 Å². The lowest BCUT2D eigenvalue weighted by atomic mass is 10.1. The highest BCUT2D eigenvalue weighted by atomic mass is 35.5. The van der Waals surface area contributed by atoms with Crippen LogP contribution in [-0.4, -0.2) is 60.9 Å². The number of benzene rings is 1. The molecule has 0 radical (unpaired) electrons. The molecule has 128 valence electrons. The van der Waals surface area contributed by atoms with Crippen LogP contribution in [0.15, 0.2) is 18.2 Å². The van der Waals surface area contributed by atoms with Gasteiger partial charge in [0.05, 0.1) is 13.2 Å². The first-order valence-corrected chi connectivity index (χ1v) is 7.42. The van der Waals surface area contributed by atoms with Crippen molar-refractivity contribution >= 4 is 24.2 Å². The Morgan fingerprint density at radius 3 is 2.26 bits per heavy atom. The van der Waals surface area contributed by atoms with Crippen molar-refractivity contribution in [2.75, 3.05) is 33.3 Å². The van der Waals surface area contributed by atoms with E-state index in [-0.39, 0.29) is 24.2 Å². The van der Waals surface area contributed by atoms with Crippen LogP contribution < -0.4 is 10.5 Å². The van der Waals surface area contributed by atoms with Gasteiger partial charge in [-0.05, 0) is 31.5 Å². The quantitative estimate of drug-likeness (QED) is 0.891. The van der Waals surface area contributed by atoms with Gasteiger partial charge in [0, 0.05) is 31.7 Å². The van der Waals surface area contributed by atoms with E-state index in [0.717, 1.165) is 5.56 Å². The summed E-state index contributed by atoms with van der Waals surface area (Å²) in [4.78, 5) is 27.8. The monoisotopic (exact) mass is 341 g/mol. The van der Waals surface area contributed by atoms with E-state index in [1.54, 1.807) is 36.0 Å². The lowest BCUT2D eigenvalue weighted by Crippen LogP contribution is -2.53. The zero-order chi connectivity index (χ0) is 16.3. The Balaban J connectivity index is 0.00000264. The average Bonchev–Trinajstić information content (AvgIpc) is 2.54. The molecule has 0 saturated carbocycles. The molecule has 1 aromatic carbocycles. The van der Waals surface area contributed by atoms with E-state index >= 15 is 0 Å². The van der Waals surface area contributed by atoms with E-state index in [1.807, 2.05) is 13.0 Å². The van der Waals surface area contributed by atoms with Gasteiger partial charge in [-0.3, -0.25) is 9.59 Å². The third-order valence-corrected chi connectivity index (χ3v) is 3.92. The Morgan fingerprint density at radius 1 is 1.17 bits per heavy atom. The van der Waals surface area contributed by atoms with Gasteiger partial charge in [0.15, 0.2) is 0 Å². The average molecular weight is 342 g/mol. The van der Waals surface area contributed by atoms with Crippen molar-refractivity contribution in [1.29, 1.82) is 0 Å². The number of carbonyl (C=O) groups is 2. The van der Waals surface area contributed by atoms with E-state index in [9.17, 15) is 9.59 Å². The summed E-state index contributed by atoms with van der Waals surface area (Å²) in [5.41, 5.74) is 7.21. The highest BCUT2D eigenvalue weighted by Crippen LogP contribution is 2.20. The second-order valence-corrected chi connectivity index (χ2v) is 5.59. The van der Waals surface area contributed by atoms with Gasteiger partial charge in [-0.2, -0.15) is 0 Å². The molecule has 6 nitrogen and oxygen atoms in total. The number of halogens is 1. The maximum atomic E-state index is 12.5.